The maximum Gasteiger partial charge on any atom is 0.410 e. The van der Waals surface area contributed by atoms with Crippen molar-refractivity contribution in [3.8, 4) is 0 Å². The molecule has 122 valence electrons. The number of ether oxygens (including phenoxy) is 1. The van der Waals surface area contributed by atoms with Gasteiger partial charge in [0.15, 0.2) is 0 Å². The fraction of sp³-hybridized carbons (Fsp3) is 0.667. The highest BCUT2D eigenvalue weighted by atomic mass is 16.6. The van der Waals surface area contributed by atoms with E-state index in [1.165, 1.54) is 6.42 Å². The van der Waals surface area contributed by atoms with Gasteiger partial charge in [-0.3, -0.25) is 4.98 Å². The normalized spacial score (nSPS) is 22.5. The van der Waals surface area contributed by atoms with Crippen LogP contribution in [0.25, 0.3) is 0 Å². The number of carbonyl (C=O) groups excluding carboxylic acids is 1. The average molecular weight is 304 g/mol. The highest BCUT2D eigenvalue weighted by Gasteiger charge is 2.32. The zero-order valence-corrected chi connectivity index (χ0v) is 14.2. The Balaban J connectivity index is 1.98. The van der Waals surface area contributed by atoms with Gasteiger partial charge in [0, 0.05) is 24.5 Å². The summed E-state index contributed by atoms with van der Waals surface area (Å²) in [6, 6.07) is 6.24. The Morgan fingerprint density at radius 2 is 2.14 bits per heavy atom. The van der Waals surface area contributed by atoms with E-state index >= 15 is 0 Å². The lowest BCUT2D eigenvalue weighted by Crippen LogP contribution is -2.48. The van der Waals surface area contributed by atoms with Gasteiger partial charge in [0.1, 0.15) is 5.60 Å². The van der Waals surface area contributed by atoms with E-state index in [2.05, 4.69) is 11.9 Å². The summed E-state index contributed by atoms with van der Waals surface area (Å²) < 4.78 is 5.58. The zero-order chi connectivity index (χ0) is 16.2. The molecule has 0 N–H and O–H groups in total. The molecule has 22 heavy (non-hydrogen) atoms. The number of likely N-dealkylation sites (tertiary alicyclic amines) is 1. The Kier molecular flexibility index (Phi) is 5.43. The lowest BCUT2D eigenvalue weighted by atomic mass is 9.91. The molecule has 1 aromatic rings. The predicted molar refractivity (Wildman–Crippen MR) is 87.7 cm³/mol. The maximum absolute atomic E-state index is 12.5. The molecule has 1 aliphatic heterocycles. The van der Waals surface area contributed by atoms with Gasteiger partial charge < -0.3 is 9.64 Å². The predicted octanol–water partition coefficient (Wildman–Crippen LogP) is 4.05. The minimum absolute atomic E-state index is 0.176. The fourth-order valence-corrected chi connectivity index (χ4v) is 2.91. The molecule has 0 bridgehead atoms. The third kappa shape index (κ3) is 5.00. The standard InChI is InChI=1S/C18H28N2O2/c1-14-8-10-16(11-9-15-7-5-6-12-19-15)20(13-14)17(21)22-18(2,3)4/h5-7,12,14,16H,8-11,13H2,1-4H3/t14-,16-/m0/s1. The second kappa shape index (κ2) is 7.12. The van der Waals surface area contributed by atoms with Crippen LogP contribution < -0.4 is 0 Å². The summed E-state index contributed by atoms with van der Waals surface area (Å²) in [5, 5.41) is 0. The van der Waals surface area contributed by atoms with E-state index < -0.39 is 5.60 Å². The second-order valence-corrected chi connectivity index (χ2v) is 7.33. The molecule has 1 aromatic heterocycles. The first-order valence-corrected chi connectivity index (χ1v) is 8.24. The number of rotatable bonds is 3. The van der Waals surface area contributed by atoms with Crippen LogP contribution in [0.15, 0.2) is 24.4 Å². The minimum atomic E-state index is -0.441. The van der Waals surface area contributed by atoms with Gasteiger partial charge in [-0.25, -0.2) is 4.79 Å². The van der Waals surface area contributed by atoms with Gasteiger partial charge in [-0.15, -0.1) is 0 Å². The van der Waals surface area contributed by atoms with Crippen LogP contribution in [0.2, 0.25) is 0 Å². The summed E-state index contributed by atoms with van der Waals surface area (Å²) in [7, 11) is 0. The van der Waals surface area contributed by atoms with E-state index in [0.717, 1.165) is 31.5 Å². The van der Waals surface area contributed by atoms with Crippen LogP contribution in [-0.4, -0.2) is 34.2 Å². The van der Waals surface area contributed by atoms with E-state index in [0.29, 0.717) is 5.92 Å². The summed E-state index contributed by atoms with van der Waals surface area (Å²) in [4.78, 5) is 18.8. The Morgan fingerprint density at radius 3 is 2.77 bits per heavy atom. The number of amides is 1. The van der Waals surface area contributed by atoms with Crippen molar-refractivity contribution in [3.63, 3.8) is 0 Å². The minimum Gasteiger partial charge on any atom is -0.444 e. The quantitative estimate of drug-likeness (QED) is 0.846. The molecule has 0 aromatic carbocycles. The number of pyridine rings is 1. The molecule has 1 aliphatic rings. The third-order valence-corrected chi connectivity index (χ3v) is 4.03. The van der Waals surface area contributed by atoms with Crippen molar-refractivity contribution in [1.82, 2.24) is 9.88 Å². The van der Waals surface area contributed by atoms with Crippen molar-refractivity contribution in [2.75, 3.05) is 6.54 Å². The first-order chi connectivity index (χ1) is 10.3. The van der Waals surface area contributed by atoms with Crippen LogP contribution in [-0.2, 0) is 11.2 Å². The zero-order valence-electron chi connectivity index (χ0n) is 14.2. The van der Waals surface area contributed by atoms with Crippen LogP contribution in [0.5, 0.6) is 0 Å². The molecule has 4 heteroatoms. The SMILES string of the molecule is C[C@H]1CC[C@@H](CCc2ccccn2)N(C(=O)OC(C)(C)C)C1. The molecule has 4 nitrogen and oxygen atoms in total. The lowest BCUT2D eigenvalue weighted by Gasteiger charge is -2.39. The smallest absolute Gasteiger partial charge is 0.410 e. The van der Waals surface area contributed by atoms with E-state index in [-0.39, 0.29) is 12.1 Å². The molecule has 0 unspecified atom stereocenters. The molecule has 1 fully saturated rings. The van der Waals surface area contributed by atoms with E-state index in [1.807, 2.05) is 50.1 Å². The summed E-state index contributed by atoms with van der Waals surface area (Å²) in [6.07, 6.45) is 5.72. The molecule has 0 aliphatic carbocycles. The van der Waals surface area contributed by atoms with Gasteiger partial charge in [0.2, 0.25) is 0 Å². The molecular formula is C18H28N2O2. The average Bonchev–Trinajstić information content (AvgIpc) is 2.45. The number of hydrogen-bond acceptors (Lipinski definition) is 3. The van der Waals surface area contributed by atoms with E-state index in [1.54, 1.807) is 0 Å². The molecule has 0 radical (unpaired) electrons. The Morgan fingerprint density at radius 1 is 1.36 bits per heavy atom. The van der Waals surface area contributed by atoms with Crippen molar-refractivity contribution in [2.45, 2.75) is 65.0 Å². The molecule has 2 rings (SSSR count). The molecule has 0 spiro atoms. The number of hydrogen-bond donors (Lipinski definition) is 0. The van der Waals surface area contributed by atoms with Crippen LogP contribution in [0, 0.1) is 5.92 Å². The topological polar surface area (TPSA) is 42.4 Å². The first-order valence-electron chi connectivity index (χ1n) is 8.24. The van der Waals surface area contributed by atoms with Crippen molar-refractivity contribution in [1.29, 1.82) is 0 Å². The van der Waals surface area contributed by atoms with Crippen LogP contribution in [0.4, 0.5) is 4.79 Å². The molecule has 2 atom stereocenters. The van der Waals surface area contributed by atoms with Gasteiger partial charge in [0.25, 0.3) is 0 Å². The van der Waals surface area contributed by atoms with Gasteiger partial charge in [0.05, 0.1) is 0 Å². The lowest BCUT2D eigenvalue weighted by molar-refractivity contribution is 0.00295. The van der Waals surface area contributed by atoms with Crippen LogP contribution in [0.1, 0.15) is 52.7 Å². The van der Waals surface area contributed by atoms with Crippen molar-refractivity contribution >= 4 is 6.09 Å². The Hall–Kier alpha value is -1.58. The summed E-state index contributed by atoms with van der Waals surface area (Å²) >= 11 is 0. The Labute approximate surface area is 133 Å². The summed E-state index contributed by atoms with van der Waals surface area (Å²) in [5.41, 5.74) is 0.647. The third-order valence-electron chi connectivity index (χ3n) is 4.03. The van der Waals surface area contributed by atoms with Crippen molar-refractivity contribution < 1.29 is 9.53 Å². The number of carbonyl (C=O) groups is 1. The van der Waals surface area contributed by atoms with Crippen molar-refractivity contribution in [3.05, 3.63) is 30.1 Å². The maximum atomic E-state index is 12.5. The highest BCUT2D eigenvalue weighted by Crippen LogP contribution is 2.26. The number of aryl methyl sites for hydroxylation is 1. The molecular weight excluding hydrogens is 276 g/mol. The molecule has 2 heterocycles. The molecule has 0 saturated carbocycles. The number of nitrogens with zero attached hydrogens (tertiary/aromatic N) is 2. The second-order valence-electron chi connectivity index (χ2n) is 7.33. The first kappa shape index (κ1) is 16.8. The highest BCUT2D eigenvalue weighted by molar-refractivity contribution is 5.68. The largest absolute Gasteiger partial charge is 0.444 e. The summed E-state index contributed by atoms with van der Waals surface area (Å²) in [5.74, 6) is 0.540. The molecule has 1 saturated heterocycles. The van der Waals surface area contributed by atoms with E-state index in [4.69, 9.17) is 4.74 Å². The van der Waals surface area contributed by atoms with Gasteiger partial charge in [-0.05, 0) is 64.5 Å². The van der Waals surface area contributed by atoms with Gasteiger partial charge >= 0.3 is 6.09 Å². The number of piperidine rings is 1. The van der Waals surface area contributed by atoms with Crippen LogP contribution >= 0.6 is 0 Å². The van der Waals surface area contributed by atoms with E-state index in [9.17, 15) is 4.79 Å². The Bertz CT molecular complexity index is 482. The molecule has 1 amide bonds. The van der Waals surface area contributed by atoms with Gasteiger partial charge in [-0.2, -0.15) is 0 Å². The monoisotopic (exact) mass is 304 g/mol. The summed E-state index contributed by atoms with van der Waals surface area (Å²) in [6.45, 7) is 8.75. The number of aromatic nitrogens is 1. The van der Waals surface area contributed by atoms with Gasteiger partial charge in [-0.1, -0.05) is 13.0 Å². The van der Waals surface area contributed by atoms with Crippen molar-refractivity contribution in [2.24, 2.45) is 5.92 Å². The fourth-order valence-electron chi connectivity index (χ4n) is 2.91. The van der Waals surface area contributed by atoms with Crippen LogP contribution in [0.3, 0.4) is 0 Å².